The van der Waals surface area contributed by atoms with Crippen LogP contribution in [0.25, 0.3) is 0 Å². The van der Waals surface area contributed by atoms with Crippen molar-refractivity contribution in [2.45, 2.75) is 0 Å². The summed E-state index contributed by atoms with van der Waals surface area (Å²) in [6, 6.07) is 3.74. The smallest absolute Gasteiger partial charge is 0.344 e. The molecule has 0 atom stereocenters. The zero-order chi connectivity index (χ0) is 15.1. The summed E-state index contributed by atoms with van der Waals surface area (Å²) in [5, 5.41) is 2.26. The SMILES string of the molecule is NC(=O)NC(=O)COC(=O)COc1ccc(Cl)cc1Br. The van der Waals surface area contributed by atoms with Gasteiger partial charge in [-0.15, -0.1) is 0 Å². The van der Waals surface area contributed by atoms with Gasteiger partial charge in [0.05, 0.1) is 4.47 Å². The minimum Gasteiger partial charge on any atom is -0.481 e. The summed E-state index contributed by atoms with van der Waals surface area (Å²) < 4.78 is 10.3. The minimum absolute atomic E-state index is 0.396. The molecule has 0 aliphatic heterocycles. The molecule has 1 rings (SSSR count). The highest BCUT2D eigenvalue weighted by Gasteiger charge is 2.10. The fourth-order valence-corrected chi connectivity index (χ4v) is 1.89. The number of benzene rings is 1. The van der Waals surface area contributed by atoms with Gasteiger partial charge in [-0.3, -0.25) is 10.1 Å². The van der Waals surface area contributed by atoms with Crippen molar-refractivity contribution in [2.75, 3.05) is 13.2 Å². The Morgan fingerprint density at radius 2 is 2.00 bits per heavy atom. The number of amides is 3. The molecule has 0 aromatic heterocycles. The van der Waals surface area contributed by atoms with Gasteiger partial charge in [0.25, 0.3) is 5.91 Å². The molecule has 0 bridgehead atoms. The summed E-state index contributed by atoms with van der Waals surface area (Å²) in [5.74, 6) is -1.20. The van der Waals surface area contributed by atoms with E-state index < -0.39 is 31.1 Å². The molecule has 1 aromatic rings. The molecule has 0 unspecified atom stereocenters. The maximum absolute atomic E-state index is 11.3. The number of carbonyl (C=O) groups is 3. The van der Waals surface area contributed by atoms with Gasteiger partial charge in [0.2, 0.25) is 0 Å². The third-order valence-corrected chi connectivity index (χ3v) is 2.72. The van der Waals surface area contributed by atoms with Crippen LogP contribution >= 0.6 is 27.5 Å². The molecule has 3 N–H and O–H groups in total. The highest BCUT2D eigenvalue weighted by atomic mass is 79.9. The summed E-state index contributed by atoms with van der Waals surface area (Å²) in [6.45, 7) is -1.02. The molecule has 0 radical (unpaired) electrons. The number of urea groups is 1. The predicted molar refractivity (Wildman–Crippen MR) is 73.3 cm³/mol. The molecule has 0 spiro atoms. The fourth-order valence-electron chi connectivity index (χ4n) is 1.09. The van der Waals surface area contributed by atoms with E-state index in [0.717, 1.165) is 0 Å². The molecule has 0 heterocycles. The van der Waals surface area contributed by atoms with Crippen LogP contribution in [0.4, 0.5) is 4.79 Å². The summed E-state index contributed by atoms with van der Waals surface area (Å²) in [5.41, 5.74) is 4.71. The van der Waals surface area contributed by atoms with Crippen molar-refractivity contribution < 1.29 is 23.9 Å². The molecule has 3 amide bonds. The average Bonchev–Trinajstić information content (AvgIpc) is 2.34. The Morgan fingerprint density at radius 1 is 1.30 bits per heavy atom. The number of hydrogen-bond donors (Lipinski definition) is 2. The van der Waals surface area contributed by atoms with Crippen LogP contribution in [0.5, 0.6) is 5.75 Å². The van der Waals surface area contributed by atoms with Gasteiger partial charge in [-0.2, -0.15) is 0 Å². The van der Waals surface area contributed by atoms with Crippen molar-refractivity contribution >= 4 is 45.4 Å². The summed E-state index contributed by atoms with van der Waals surface area (Å²) in [4.78, 5) is 32.6. The Morgan fingerprint density at radius 3 is 2.60 bits per heavy atom. The van der Waals surface area contributed by atoms with Crippen LogP contribution in [0, 0.1) is 0 Å². The van der Waals surface area contributed by atoms with Crippen LogP contribution in [0.1, 0.15) is 0 Å². The first kappa shape index (κ1) is 16.3. The molecule has 1 aromatic carbocycles. The number of rotatable bonds is 5. The lowest BCUT2D eigenvalue weighted by molar-refractivity contribution is -0.150. The molecule has 20 heavy (non-hydrogen) atoms. The number of primary amides is 1. The van der Waals surface area contributed by atoms with Crippen LogP contribution in [-0.2, 0) is 14.3 Å². The van der Waals surface area contributed by atoms with Crippen molar-refractivity contribution in [3.8, 4) is 5.75 Å². The maximum atomic E-state index is 11.3. The van der Waals surface area contributed by atoms with Crippen LogP contribution < -0.4 is 15.8 Å². The van der Waals surface area contributed by atoms with Crippen molar-refractivity contribution in [3.63, 3.8) is 0 Å². The number of esters is 1. The second-order valence-electron chi connectivity index (χ2n) is 3.44. The molecule has 9 heteroatoms. The number of hydrogen-bond acceptors (Lipinski definition) is 5. The van der Waals surface area contributed by atoms with E-state index in [9.17, 15) is 14.4 Å². The quantitative estimate of drug-likeness (QED) is 0.763. The second-order valence-corrected chi connectivity index (χ2v) is 4.73. The second kappa shape index (κ2) is 7.71. The number of nitrogens with one attached hydrogen (secondary N) is 1. The fraction of sp³-hybridized carbons (Fsp3) is 0.182. The van der Waals surface area contributed by atoms with Crippen molar-refractivity contribution in [3.05, 3.63) is 27.7 Å². The number of imide groups is 1. The third-order valence-electron chi connectivity index (χ3n) is 1.87. The molecule has 108 valence electrons. The van der Waals surface area contributed by atoms with E-state index in [1.165, 1.54) is 0 Å². The number of carbonyl (C=O) groups excluding carboxylic acids is 3. The van der Waals surface area contributed by atoms with Gasteiger partial charge < -0.3 is 15.2 Å². The monoisotopic (exact) mass is 364 g/mol. The van der Waals surface area contributed by atoms with E-state index in [2.05, 4.69) is 20.7 Å². The van der Waals surface area contributed by atoms with E-state index >= 15 is 0 Å². The van der Waals surface area contributed by atoms with Gasteiger partial charge in [0.1, 0.15) is 5.75 Å². The lowest BCUT2D eigenvalue weighted by Gasteiger charge is -2.08. The molecular formula is C11H10BrClN2O5. The lowest BCUT2D eigenvalue weighted by atomic mass is 10.3. The number of nitrogens with two attached hydrogens (primary N) is 1. The van der Waals surface area contributed by atoms with Crippen LogP contribution in [-0.4, -0.2) is 31.1 Å². The van der Waals surface area contributed by atoms with E-state index in [1.54, 1.807) is 23.5 Å². The maximum Gasteiger partial charge on any atom is 0.344 e. The zero-order valence-corrected chi connectivity index (χ0v) is 12.4. The summed E-state index contributed by atoms with van der Waals surface area (Å²) >= 11 is 8.96. The van der Waals surface area contributed by atoms with Gasteiger partial charge in [-0.25, -0.2) is 9.59 Å². The molecule has 0 saturated carbocycles. The van der Waals surface area contributed by atoms with Gasteiger partial charge >= 0.3 is 12.0 Å². The lowest BCUT2D eigenvalue weighted by Crippen LogP contribution is -2.38. The molecular weight excluding hydrogens is 355 g/mol. The van der Waals surface area contributed by atoms with Crippen LogP contribution in [0.2, 0.25) is 5.02 Å². The number of halogens is 2. The van der Waals surface area contributed by atoms with Gasteiger partial charge in [0.15, 0.2) is 13.2 Å². The number of ether oxygens (including phenoxy) is 2. The van der Waals surface area contributed by atoms with E-state index in [1.807, 2.05) is 0 Å². The predicted octanol–water partition coefficient (Wildman–Crippen LogP) is 1.22. The first-order valence-corrected chi connectivity index (χ1v) is 6.38. The topological polar surface area (TPSA) is 108 Å². The van der Waals surface area contributed by atoms with E-state index in [4.69, 9.17) is 22.1 Å². The first-order valence-electron chi connectivity index (χ1n) is 5.21. The normalized spacial score (nSPS) is 9.70. The van der Waals surface area contributed by atoms with E-state index in [0.29, 0.717) is 15.2 Å². The highest BCUT2D eigenvalue weighted by molar-refractivity contribution is 9.10. The Labute approximate surface area is 127 Å². The largest absolute Gasteiger partial charge is 0.481 e. The third kappa shape index (κ3) is 5.89. The Hall–Kier alpha value is -1.80. The summed E-state index contributed by atoms with van der Waals surface area (Å²) in [7, 11) is 0. The molecule has 0 fully saturated rings. The molecule has 0 aliphatic carbocycles. The summed E-state index contributed by atoms with van der Waals surface area (Å²) in [6.07, 6.45) is 0. The Kier molecular flexibility index (Phi) is 6.26. The van der Waals surface area contributed by atoms with Crippen molar-refractivity contribution in [1.82, 2.24) is 5.32 Å². The standard InChI is InChI=1S/C11H10BrClN2O5/c12-7-3-6(13)1-2-8(7)19-5-10(17)20-4-9(16)15-11(14)18/h1-3H,4-5H2,(H3,14,15,16,18). The van der Waals surface area contributed by atoms with Crippen molar-refractivity contribution in [2.24, 2.45) is 5.73 Å². The first-order chi connectivity index (χ1) is 9.38. The van der Waals surface area contributed by atoms with Gasteiger partial charge in [-0.05, 0) is 34.1 Å². The van der Waals surface area contributed by atoms with Gasteiger partial charge in [-0.1, -0.05) is 11.6 Å². The Bertz CT molecular complexity index is 538. The van der Waals surface area contributed by atoms with Gasteiger partial charge in [0, 0.05) is 5.02 Å². The molecule has 7 nitrogen and oxygen atoms in total. The minimum atomic E-state index is -1.02. The average molecular weight is 366 g/mol. The molecule has 0 aliphatic rings. The van der Waals surface area contributed by atoms with Crippen LogP contribution in [0.15, 0.2) is 22.7 Å². The molecule has 0 saturated heterocycles. The zero-order valence-electron chi connectivity index (χ0n) is 10.0. The van der Waals surface area contributed by atoms with E-state index in [-0.39, 0.29) is 0 Å². The van der Waals surface area contributed by atoms with Crippen LogP contribution in [0.3, 0.4) is 0 Å². The Balaban J connectivity index is 2.36. The highest BCUT2D eigenvalue weighted by Crippen LogP contribution is 2.27. The van der Waals surface area contributed by atoms with Crippen molar-refractivity contribution in [1.29, 1.82) is 0 Å².